The van der Waals surface area contributed by atoms with E-state index in [4.69, 9.17) is 10.5 Å². The summed E-state index contributed by atoms with van der Waals surface area (Å²) in [5.74, 6) is 0. The second-order valence-corrected chi connectivity index (χ2v) is 3.69. The molecule has 84 valence electrons. The van der Waals surface area contributed by atoms with Crippen LogP contribution in [0.1, 0.15) is 13.8 Å². The third kappa shape index (κ3) is 2.41. The molecular formula is C8H18N2O4. The monoisotopic (exact) mass is 206 g/mol. The van der Waals surface area contributed by atoms with Crippen LogP contribution in [0.4, 0.5) is 0 Å². The van der Waals surface area contributed by atoms with Crippen LogP contribution in [-0.4, -0.2) is 52.1 Å². The van der Waals surface area contributed by atoms with Crippen LogP contribution in [0.5, 0.6) is 0 Å². The minimum atomic E-state index is -1.16. The zero-order valence-electron chi connectivity index (χ0n) is 8.29. The summed E-state index contributed by atoms with van der Waals surface area (Å²) >= 11 is 0. The molecule has 6 nitrogen and oxygen atoms in total. The van der Waals surface area contributed by atoms with Crippen LogP contribution in [0.2, 0.25) is 0 Å². The molecule has 6 heteroatoms. The van der Waals surface area contributed by atoms with Gasteiger partial charge in [-0.2, -0.15) is 0 Å². The highest BCUT2D eigenvalue weighted by Crippen LogP contribution is 2.19. The van der Waals surface area contributed by atoms with Gasteiger partial charge in [-0.3, -0.25) is 5.32 Å². The Hall–Kier alpha value is -0.240. The third-order valence-electron chi connectivity index (χ3n) is 2.32. The largest absolute Gasteiger partial charge is 0.388 e. The van der Waals surface area contributed by atoms with Crippen molar-refractivity contribution in [2.45, 2.75) is 50.7 Å². The van der Waals surface area contributed by atoms with Gasteiger partial charge in [0, 0.05) is 0 Å². The Bertz CT molecular complexity index is 190. The molecule has 0 aliphatic carbocycles. The predicted molar refractivity (Wildman–Crippen MR) is 49.1 cm³/mol. The second-order valence-electron chi connectivity index (χ2n) is 3.69. The lowest BCUT2D eigenvalue weighted by molar-refractivity contribution is -0.244. The number of ether oxygens (including phenoxy) is 1. The van der Waals surface area contributed by atoms with Crippen molar-refractivity contribution in [3.63, 3.8) is 0 Å². The van der Waals surface area contributed by atoms with Crippen molar-refractivity contribution in [2.24, 2.45) is 5.73 Å². The maximum atomic E-state index is 9.62. The smallest absolute Gasteiger partial charge is 0.173 e. The van der Waals surface area contributed by atoms with Crippen molar-refractivity contribution >= 4 is 0 Å². The molecule has 6 atom stereocenters. The highest BCUT2D eigenvalue weighted by Gasteiger charge is 2.41. The van der Waals surface area contributed by atoms with Crippen molar-refractivity contribution in [3.8, 4) is 0 Å². The van der Waals surface area contributed by atoms with E-state index in [9.17, 15) is 15.3 Å². The number of nitrogens with one attached hydrogen (secondary N) is 1. The number of rotatable bonds is 2. The molecule has 1 heterocycles. The quantitative estimate of drug-likeness (QED) is 0.325. The molecule has 0 spiro atoms. The molecule has 0 bridgehead atoms. The van der Waals surface area contributed by atoms with Crippen LogP contribution in [0.25, 0.3) is 0 Å². The molecule has 1 aliphatic rings. The van der Waals surface area contributed by atoms with Gasteiger partial charge >= 0.3 is 0 Å². The summed E-state index contributed by atoms with van der Waals surface area (Å²) in [5.41, 5.74) is 5.46. The Kier molecular flexibility index (Phi) is 3.82. The van der Waals surface area contributed by atoms with Gasteiger partial charge in [0.05, 0.1) is 18.3 Å². The molecule has 1 saturated heterocycles. The topological polar surface area (TPSA) is 108 Å². The van der Waals surface area contributed by atoms with E-state index in [-0.39, 0.29) is 0 Å². The van der Waals surface area contributed by atoms with Crippen molar-refractivity contribution in [3.05, 3.63) is 0 Å². The summed E-state index contributed by atoms with van der Waals surface area (Å²) in [7, 11) is 0. The number of hydrogen-bond acceptors (Lipinski definition) is 6. The van der Waals surface area contributed by atoms with Crippen molar-refractivity contribution in [1.82, 2.24) is 5.32 Å². The molecule has 14 heavy (non-hydrogen) atoms. The lowest BCUT2D eigenvalue weighted by atomic mass is 9.97. The molecule has 1 fully saturated rings. The van der Waals surface area contributed by atoms with Crippen LogP contribution < -0.4 is 11.1 Å². The summed E-state index contributed by atoms with van der Waals surface area (Å²) in [6, 6.07) is -0.763. The zero-order chi connectivity index (χ0) is 10.9. The van der Waals surface area contributed by atoms with Crippen LogP contribution >= 0.6 is 0 Å². The Morgan fingerprint density at radius 2 is 1.86 bits per heavy atom. The highest BCUT2D eigenvalue weighted by atomic mass is 16.6. The van der Waals surface area contributed by atoms with E-state index in [2.05, 4.69) is 5.32 Å². The lowest BCUT2D eigenvalue weighted by Crippen LogP contribution is -2.64. The molecule has 0 aromatic heterocycles. The first-order valence-corrected chi connectivity index (χ1v) is 4.64. The van der Waals surface area contributed by atoms with Crippen LogP contribution in [0.3, 0.4) is 0 Å². The molecule has 0 radical (unpaired) electrons. The molecule has 1 aliphatic heterocycles. The molecule has 0 aromatic rings. The standard InChI is InChI=1S/C8H18N2O4/c1-3-6(11)7(12)5(8(13)14-3)10-4(2)9/h3-8,10-13H,9H2,1-2H3/t3-,4?,5-,6+,7-,8+/m0/s1. The van der Waals surface area contributed by atoms with Gasteiger partial charge in [-0.15, -0.1) is 0 Å². The summed E-state index contributed by atoms with van der Waals surface area (Å²) in [6.07, 6.45) is -4.25. The molecule has 1 unspecified atom stereocenters. The van der Waals surface area contributed by atoms with Gasteiger partial charge in [0.1, 0.15) is 12.2 Å². The minimum Gasteiger partial charge on any atom is -0.388 e. The first-order chi connectivity index (χ1) is 6.43. The Balaban J connectivity index is 2.64. The van der Waals surface area contributed by atoms with Crippen LogP contribution in [0, 0.1) is 0 Å². The summed E-state index contributed by atoms with van der Waals surface area (Å²) < 4.78 is 5.01. The fourth-order valence-electron chi connectivity index (χ4n) is 1.53. The molecule has 0 amide bonds. The van der Waals surface area contributed by atoms with E-state index in [1.165, 1.54) is 0 Å². The summed E-state index contributed by atoms with van der Waals surface area (Å²) in [4.78, 5) is 0. The number of hydrogen-bond donors (Lipinski definition) is 5. The van der Waals surface area contributed by atoms with Crippen molar-refractivity contribution in [1.29, 1.82) is 0 Å². The average Bonchev–Trinajstić information content (AvgIpc) is 2.09. The van der Waals surface area contributed by atoms with Crippen LogP contribution in [-0.2, 0) is 4.74 Å². The molecule has 1 rings (SSSR count). The SMILES string of the molecule is CC(N)N[C@H]1[C@H](O)[C@H](O)[C@H](C)O[C@H]1O. The predicted octanol–water partition coefficient (Wildman–Crippen LogP) is -2.29. The summed E-state index contributed by atoms with van der Waals surface area (Å²) in [6.45, 7) is 3.25. The molecule has 0 aromatic carbocycles. The number of aliphatic hydroxyl groups excluding tert-OH is 3. The normalized spacial score (nSPS) is 46.3. The minimum absolute atomic E-state index is 0.395. The van der Waals surface area contributed by atoms with E-state index in [0.29, 0.717) is 0 Å². The van der Waals surface area contributed by atoms with Gasteiger partial charge in [0.15, 0.2) is 6.29 Å². The number of nitrogens with two attached hydrogens (primary N) is 1. The van der Waals surface area contributed by atoms with E-state index in [0.717, 1.165) is 0 Å². The maximum absolute atomic E-state index is 9.62. The third-order valence-corrected chi connectivity index (χ3v) is 2.32. The first kappa shape index (κ1) is 11.8. The highest BCUT2D eigenvalue weighted by molar-refractivity contribution is 4.91. The molecule has 6 N–H and O–H groups in total. The Labute approximate surface area is 82.7 Å². The van der Waals surface area contributed by atoms with Gasteiger partial charge < -0.3 is 25.8 Å². The average molecular weight is 206 g/mol. The Morgan fingerprint density at radius 3 is 2.36 bits per heavy atom. The van der Waals surface area contributed by atoms with E-state index in [1.54, 1.807) is 13.8 Å². The maximum Gasteiger partial charge on any atom is 0.173 e. The van der Waals surface area contributed by atoms with Gasteiger partial charge in [0.2, 0.25) is 0 Å². The van der Waals surface area contributed by atoms with Gasteiger partial charge in [-0.05, 0) is 13.8 Å². The summed E-state index contributed by atoms with van der Waals surface area (Å²) in [5, 5.41) is 31.3. The Morgan fingerprint density at radius 1 is 1.29 bits per heavy atom. The molecular weight excluding hydrogens is 188 g/mol. The fourth-order valence-corrected chi connectivity index (χ4v) is 1.53. The fraction of sp³-hybridized carbons (Fsp3) is 1.00. The van der Waals surface area contributed by atoms with Crippen LogP contribution in [0.15, 0.2) is 0 Å². The van der Waals surface area contributed by atoms with Crippen molar-refractivity contribution in [2.75, 3.05) is 0 Å². The number of aliphatic hydroxyl groups is 3. The van der Waals surface area contributed by atoms with Gasteiger partial charge in [-0.1, -0.05) is 0 Å². The van der Waals surface area contributed by atoms with Gasteiger partial charge in [-0.25, -0.2) is 0 Å². The van der Waals surface area contributed by atoms with E-state index < -0.39 is 36.8 Å². The molecule has 0 saturated carbocycles. The second kappa shape index (κ2) is 4.52. The van der Waals surface area contributed by atoms with E-state index >= 15 is 0 Å². The van der Waals surface area contributed by atoms with E-state index in [1.807, 2.05) is 0 Å². The zero-order valence-corrected chi connectivity index (χ0v) is 8.29. The lowest BCUT2D eigenvalue weighted by Gasteiger charge is -2.40. The van der Waals surface area contributed by atoms with Gasteiger partial charge in [0.25, 0.3) is 0 Å². The first-order valence-electron chi connectivity index (χ1n) is 4.64. The van der Waals surface area contributed by atoms with Crippen molar-refractivity contribution < 1.29 is 20.1 Å².